The summed E-state index contributed by atoms with van der Waals surface area (Å²) in [7, 11) is 0. The lowest BCUT2D eigenvalue weighted by atomic mass is 10.1. The Morgan fingerprint density at radius 1 is 1.19 bits per heavy atom. The van der Waals surface area contributed by atoms with Crippen molar-refractivity contribution in [2.24, 2.45) is 5.92 Å². The lowest BCUT2D eigenvalue weighted by Crippen LogP contribution is -2.36. The van der Waals surface area contributed by atoms with Gasteiger partial charge in [0, 0.05) is 16.6 Å². The van der Waals surface area contributed by atoms with E-state index >= 15 is 0 Å². The van der Waals surface area contributed by atoms with E-state index in [9.17, 15) is 4.79 Å². The van der Waals surface area contributed by atoms with E-state index in [-0.39, 0.29) is 35.0 Å². The van der Waals surface area contributed by atoms with Gasteiger partial charge in [0.25, 0.3) is 5.91 Å². The van der Waals surface area contributed by atoms with Crippen LogP contribution in [0.25, 0.3) is 22.8 Å². The number of halogens is 1. The van der Waals surface area contributed by atoms with E-state index in [4.69, 9.17) is 26.3 Å². The molecule has 1 atom stereocenters. The standard InChI is InChI=1S/C19H20ClN3O3/c1-10(2)11(3)22-19(24)16-17(23-26-18(16)21)15-8-7-14(25-15)12-5-4-6-13(20)9-12/h4-11H,21H2,1-3H3,(H,22,24). The summed E-state index contributed by atoms with van der Waals surface area (Å²) in [6.45, 7) is 5.97. The maximum atomic E-state index is 12.6. The van der Waals surface area contributed by atoms with Gasteiger partial charge < -0.3 is 20.0 Å². The first-order chi connectivity index (χ1) is 12.4. The average molecular weight is 374 g/mol. The van der Waals surface area contributed by atoms with Gasteiger partial charge in [0.2, 0.25) is 5.88 Å². The number of nitrogens with one attached hydrogen (secondary N) is 1. The molecule has 0 bridgehead atoms. The molecular formula is C19H20ClN3O3. The highest BCUT2D eigenvalue weighted by atomic mass is 35.5. The van der Waals surface area contributed by atoms with Crippen molar-refractivity contribution in [3.8, 4) is 22.8 Å². The maximum absolute atomic E-state index is 12.6. The van der Waals surface area contributed by atoms with Gasteiger partial charge in [-0.2, -0.15) is 0 Å². The number of hydrogen-bond donors (Lipinski definition) is 2. The number of hydrogen-bond acceptors (Lipinski definition) is 5. The van der Waals surface area contributed by atoms with E-state index < -0.39 is 0 Å². The zero-order valence-corrected chi connectivity index (χ0v) is 15.5. The zero-order valence-electron chi connectivity index (χ0n) is 14.7. The normalized spacial score (nSPS) is 12.3. The topological polar surface area (TPSA) is 94.3 Å². The molecule has 1 aromatic carbocycles. The average Bonchev–Trinajstić information content (AvgIpc) is 3.21. The first kappa shape index (κ1) is 18.1. The molecule has 136 valence electrons. The zero-order chi connectivity index (χ0) is 18.8. The fraction of sp³-hybridized carbons (Fsp3) is 0.263. The molecule has 7 heteroatoms. The van der Waals surface area contributed by atoms with Gasteiger partial charge >= 0.3 is 0 Å². The van der Waals surface area contributed by atoms with Crippen LogP contribution < -0.4 is 11.1 Å². The van der Waals surface area contributed by atoms with Crippen molar-refractivity contribution in [2.75, 3.05) is 5.73 Å². The van der Waals surface area contributed by atoms with Gasteiger partial charge in [-0.25, -0.2) is 0 Å². The predicted molar refractivity (Wildman–Crippen MR) is 101 cm³/mol. The largest absolute Gasteiger partial charge is 0.454 e. The second-order valence-corrected chi connectivity index (χ2v) is 6.89. The second kappa shape index (κ2) is 7.25. The smallest absolute Gasteiger partial charge is 0.259 e. The molecule has 0 saturated carbocycles. The monoisotopic (exact) mass is 373 g/mol. The van der Waals surface area contributed by atoms with Crippen LogP contribution in [0.5, 0.6) is 0 Å². The summed E-state index contributed by atoms with van der Waals surface area (Å²) >= 11 is 6.02. The lowest BCUT2D eigenvalue weighted by Gasteiger charge is -2.17. The number of carbonyl (C=O) groups excluding carboxylic acids is 1. The summed E-state index contributed by atoms with van der Waals surface area (Å²) in [5.74, 6) is 0.880. The lowest BCUT2D eigenvalue weighted by molar-refractivity contribution is 0.0931. The number of nitrogen functional groups attached to an aromatic ring is 1. The minimum atomic E-state index is -0.347. The minimum Gasteiger partial charge on any atom is -0.454 e. The van der Waals surface area contributed by atoms with Crippen molar-refractivity contribution < 1.29 is 13.7 Å². The second-order valence-electron chi connectivity index (χ2n) is 6.45. The molecule has 6 nitrogen and oxygen atoms in total. The van der Waals surface area contributed by atoms with E-state index in [1.54, 1.807) is 24.3 Å². The summed E-state index contributed by atoms with van der Waals surface area (Å²) < 4.78 is 10.9. The van der Waals surface area contributed by atoms with Crippen LogP contribution in [0, 0.1) is 5.92 Å². The molecule has 0 radical (unpaired) electrons. The van der Waals surface area contributed by atoms with Gasteiger partial charge in [0.05, 0.1) is 0 Å². The fourth-order valence-electron chi connectivity index (χ4n) is 2.40. The third-order valence-corrected chi connectivity index (χ3v) is 4.49. The third kappa shape index (κ3) is 3.60. The van der Waals surface area contributed by atoms with Crippen molar-refractivity contribution >= 4 is 23.4 Å². The number of rotatable bonds is 5. The molecule has 3 aromatic rings. The van der Waals surface area contributed by atoms with Gasteiger partial charge in [-0.05, 0) is 37.1 Å². The molecular weight excluding hydrogens is 354 g/mol. The number of amides is 1. The number of furan rings is 1. The Morgan fingerprint density at radius 3 is 2.62 bits per heavy atom. The first-order valence-electron chi connectivity index (χ1n) is 8.29. The van der Waals surface area contributed by atoms with Crippen molar-refractivity contribution in [3.05, 3.63) is 47.0 Å². The number of carbonyl (C=O) groups is 1. The molecule has 1 unspecified atom stereocenters. The Labute approximate surface area is 156 Å². The predicted octanol–water partition coefficient (Wildman–Crippen LogP) is 4.61. The summed E-state index contributed by atoms with van der Waals surface area (Å²) in [4.78, 5) is 12.6. The Morgan fingerprint density at radius 2 is 1.92 bits per heavy atom. The van der Waals surface area contributed by atoms with Crippen molar-refractivity contribution in [3.63, 3.8) is 0 Å². The number of nitrogens with two attached hydrogens (primary N) is 1. The molecule has 1 amide bonds. The van der Waals surface area contributed by atoms with Gasteiger partial charge in [-0.15, -0.1) is 0 Å². The third-order valence-electron chi connectivity index (χ3n) is 4.25. The quantitative estimate of drug-likeness (QED) is 0.680. The molecule has 0 fully saturated rings. The van der Waals surface area contributed by atoms with Crippen LogP contribution in [0.2, 0.25) is 5.02 Å². The summed E-state index contributed by atoms with van der Waals surface area (Å²) in [6, 6.07) is 10.8. The van der Waals surface area contributed by atoms with Crippen LogP contribution in [-0.4, -0.2) is 17.1 Å². The number of anilines is 1. The Balaban J connectivity index is 1.93. The highest BCUT2D eigenvalue weighted by Crippen LogP contribution is 2.32. The van der Waals surface area contributed by atoms with Crippen LogP contribution in [0.1, 0.15) is 31.1 Å². The minimum absolute atomic E-state index is 0.0247. The molecule has 2 aromatic heterocycles. The Bertz CT molecular complexity index is 930. The van der Waals surface area contributed by atoms with Crippen LogP contribution in [0.3, 0.4) is 0 Å². The van der Waals surface area contributed by atoms with Crippen molar-refractivity contribution in [1.29, 1.82) is 0 Å². The van der Waals surface area contributed by atoms with Gasteiger partial charge in [-0.1, -0.05) is 42.7 Å². The van der Waals surface area contributed by atoms with Gasteiger partial charge in [-0.3, -0.25) is 4.79 Å². The van der Waals surface area contributed by atoms with E-state index in [1.807, 2.05) is 32.9 Å². The van der Waals surface area contributed by atoms with E-state index in [0.717, 1.165) is 5.56 Å². The Kier molecular flexibility index (Phi) is 5.04. The van der Waals surface area contributed by atoms with Crippen LogP contribution in [0.15, 0.2) is 45.3 Å². The maximum Gasteiger partial charge on any atom is 0.259 e. The summed E-state index contributed by atoms with van der Waals surface area (Å²) in [6.07, 6.45) is 0. The molecule has 0 aliphatic carbocycles. The molecule has 3 N–H and O–H groups in total. The van der Waals surface area contributed by atoms with Gasteiger partial charge in [0.1, 0.15) is 11.3 Å². The number of aromatic nitrogens is 1. The molecule has 0 spiro atoms. The summed E-state index contributed by atoms with van der Waals surface area (Å²) in [5.41, 5.74) is 7.08. The van der Waals surface area contributed by atoms with E-state index in [0.29, 0.717) is 16.5 Å². The molecule has 26 heavy (non-hydrogen) atoms. The van der Waals surface area contributed by atoms with Crippen LogP contribution in [0.4, 0.5) is 5.88 Å². The molecule has 2 heterocycles. The fourth-order valence-corrected chi connectivity index (χ4v) is 2.59. The van der Waals surface area contributed by atoms with Gasteiger partial charge in [0.15, 0.2) is 11.5 Å². The molecule has 3 rings (SSSR count). The molecule has 0 aliphatic heterocycles. The molecule has 0 aliphatic rings. The first-order valence-corrected chi connectivity index (χ1v) is 8.66. The highest BCUT2D eigenvalue weighted by Gasteiger charge is 2.26. The SMILES string of the molecule is CC(C)C(C)NC(=O)c1c(-c2ccc(-c3cccc(Cl)c3)o2)noc1N. The van der Waals surface area contributed by atoms with Crippen LogP contribution in [-0.2, 0) is 0 Å². The van der Waals surface area contributed by atoms with E-state index in [2.05, 4.69) is 10.5 Å². The van der Waals surface area contributed by atoms with E-state index in [1.165, 1.54) is 0 Å². The van der Waals surface area contributed by atoms with Crippen molar-refractivity contribution in [1.82, 2.24) is 10.5 Å². The van der Waals surface area contributed by atoms with Crippen molar-refractivity contribution in [2.45, 2.75) is 26.8 Å². The number of nitrogens with zero attached hydrogens (tertiary/aromatic N) is 1. The molecule has 0 saturated heterocycles. The van der Waals surface area contributed by atoms with Crippen LogP contribution >= 0.6 is 11.6 Å². The highest BCUT2D eigenvalue weighted by molar-refractivity contribution is 6.30. The number of benzene rings is 1. The summed E-state index contributed by atoms with van der Waals surface area (Å²) in [5, 5.41) is 7.41. The Hall–Kier alpha value is -2.73.